The van der Waals surface area contributed by atoms with Gasteiger partial charge in [0.1, 0.15) is 0 Å². The van der Waals surface area contributed by atoms with Gasteiger partial charge in [-0.2, -0.15) is 0 Å². The van der Waals surface area contributed by atoms with Gasteiger partial charge in [-0.15, -0.1) is 0 Å². The molecule has 0 atom stereocenters. The average molecular weight is 412 g/mol. The van der Waals surface area contributed by atoms with Gasteiger partial charge in [-0.3, -0.25) is 19.2 Å². The molecule has 1 fully saturated rings. The Labute approximate surface area is 173 Å². The van der Waals surface area contributed by atoms with Gasteiger partial charge in [0.2, 0.25) is 17.7 Å². The summed E-state index contributed by atoms with van der Waals surface area (Å²) in [7, 11) is 0. The van der Waals surface area contributed by atoms with E-state index in [1.165, 1.54) is 12.3 Å². The lowest BCUT2D eigenvalue weighted by Gasteiger charge is -2.31. The highest BCUT2D eigenvalue weighted by molar-refractivity contribution is 5.95. The molecule has 0 saturated carbocycles. The van der Waals surface area contributed by atoms with Gasteiger partial charge < -0.3 is 25.3 Å². The van der Waals surface area contributed by atoms with Crippen molar-refractivity contribution in [2.24, 2.45) is 5.92 Å². The van der Waals surface area contributed by atoms with E-state index in [0.717, 1.165) is 5.69 Å². The Balaban J connectivity index is 1.34. The van der Waals surface area contributed by atoms with Crippen molar-refractivity contribution in [1.29, 1.82) is 0 Å². The highest BCUT2D eigenvalue weighted by Gasteiger charge is 2.27. The second kappa shape index (κ2) is 10.2. The van der Waals surface area contributed by atoms with E-state index in [1.54, 1.807) is 11.0 Å². The zero-order valence-electron chi connectivity index (χ0n) is 16.4. The Bertz CT molecular complexity index is 874. The van der Waals surface area contributed by atoms with Crippen LogP contribution in [0.3, 0.4) is 0 Å². The molecule has 3 rings (SSSR count). The Hall–Kier alpha value is -3.62. The van der Waals surface area contributed by atoms with Crippen molar-refractivity contribution < 1.29 is 23.6 Å². The molecule has 158 valence electrons. The summed E-state index contributed by atoms with van der Waals surface area (Å²) in [6, 6.07) is 12.3. The number of furan rings is 1. The first kappa shape index (κ1) is 21.1. The van der Waals surface area contributed by atoms with Crippen LogP contribution in [0.15, 0.2) is 53.1 Å². The maximum atomic E-state index is 12.4. The summed E-state index contributed by atoms with van der Waals surface area (Å²) in [6.07, 6.45) is 2.50. The van der Waals surface area contributed by atoms with Crippen LogP contribution in [0.5, 0.6) is 0 Å². The summed E-state index contributed by atoms with van der Waals surface area (Å²) in [5.41, 5.74) is 0.753. The molecule has 9 nitrogen and oxygen atoms in total. The third kappa shape index (κ3) is 5.94. The Morgan fingerprint density at radius 2 is 1.67 bits per heavy atom. The first-order chi connectivity index (χ1) is 14.5. The van der Waals surface area contributed by atoms with Crippen LogP contribution in [0.4, 0.5) is 5.69 Å². The second-order valence-electron chi connectivity index (χ2n) is 6.95. The third-order valence-corrected chi connectivity index (χ3v) is 4.85. The summed E-state index contributed by atoms with van der Waals surface area (Å²) in [4.78, 5) is 49.8. The molecule has 1 aliphatic heterocycles. The Kier molecular flexibility index (Phi) is 7.20. The van der Waals surface area contributed by atoms with Crippen LogP contribution in [0.25, 0.3) is 0 Å². The fourth-order valence-corrected chi connectivity index (χ4v) is 3.16. The van der Waals surface area contributed by atoms with E-state index < -0.39 is 11.8 Å². The molecule has 1 saturated heterocycles. The number of carbonyl (C=O) groups is 4. The summed E-state index contributed by atoms with van der Waals surface area (Å²) in [5, 5.41) is 7.79. The zero-order chi connectivity index (χ0) is 21.3. The van der Waals surface area contributed by atoms with Crippen molar-refractivity contribution in [3.05, 3.63) is 54.5 Å². The van der Waals surface area contributed by atoms with Crippen LogP contribution >= 0.6 is 0 Å². The lowest BCUT2D eigenvalue weighted by atomic mass is 9.95. The lowest BCUT2D eigenvalue weighted by Crippen LogP contribution is -2.47. The minimum absolute atomic E-state index is 0.0473. The molecule has 0 spiro atoms. The second-order valence-corrected chi connectivity index (χ2v) is 6.95. The Morgan fingerprint density at radius 3 is 2.33 bits per heavy atom. The van der Waals surface area contributed by atoms with E-state index in [-0.39, 0.29) is 36.6 Å². The molecular weight excluding hydrogens is 388 g/mol. The number of nitrogens with one attached hydrogen (secondary N) is 3. The minimum Gasteiger partial charge on any atom is -0.459 e. The molecule has 1 aromatic heterocycles. The van der Waals surface area contributed by atoms with E-state index in [2.05, 4.69) is 16.0 Å². The normalized spacial score (nSPS) is 14.1. The van der Waals surface area contributed by atoms with Gasteiger partial charge in [0.15, 0.2) is 5.76 Å². The topological polar surface area (TPSA) is 121 Å². The third-order valence-electron chi connectivity index (χ3n) is 4.85. The number of anilines is 1. The standard InChI is InChI=1S/C21H24N4O5/c26-18(13-23-21(29)17-7-4-12-30-17)22-14-19(27)25-10-8-15(9-11-25)20(28)24-16-5-2-1-3-6-16/h1-7,12,15H,8-11,13-14H2,(H,22,26)(H,23,29)(H,24,28). The van der Waals surface area contributed by atoms with E-state index in [0.29, 0.717) is 25.9 Å². The summed E-state index contributed by atoms with van der Waals surface area (Å²) >= 11 is 0. The molecular formula is C21H24N4O5. The fourth-order valence-electron chi connectivity index (χ4n) is 3.16. The number of likely N-dealkylation sites (tertiary alicyclic amines) is 1. The summed E-state index contributed by atoms with van der Waals surface area (Å²) in [5.74, 6) is -1.28. The number of hydrogen-bond acceptors (Lipinski definition) is 5. The zero-order valence-corrected chi connectivity index (χ0v) is 16.4. The highest BCUT2D eigenvalue weighted by Crippen LogP contribution is 2.19. The summed E-state index contributed by atoms with van der Waals surface area (Å²) < 4.78 is 4.93. The van der Waals surface area contributed by atoms with Crippen molar-refractivity contribution in [3.63, 3.8) is 0 Å². The molecule has 0 bridgehead atoms. The van der Waals surface area contributed by atoms with Crippen molar-refractivity contribution in [2.45, 2.75) is 12.8 Å². The molecule has 4 amide bonds. The number of hydrogen-bond donors (Lipinski definition) is 3. The van der Waals surface area contributed by atoms with E-state index >= 15 is 0 Å². The van der Waals surface area contributed by atoms with Gasteiger partial charge >= 0.3 is 0 Å². The smallest absolute Gasteiger partial charge is 0.287 e. The maximum absolute atomic E-state index is 12.4. The van der Waals surface area contributed by atoms with Gasteiger partial charge in [0.25, 0.3) is 5.91 Å². The quantitative estimate of drug-likeness (QED) is 0.627. The first-order valence-corrected chi connectivity index (χ1v) is 9.75. The molecule has 0 radical (unpaired) electrons. The van der Waals surface area contributed by atoms with Crippen molar-refractivity contribution in [3.8, 4) is 0 Å². The van der Waals surface area contributed by atoms with Crippen LogP contribution in [0.1, 0.15) is 23.4 Å². The van der Waals surface area contributed by atoms with Crippen LogP contribution in [0.2, 0.25) is 0 Å². The molecule has 30 heavy (non-hydrogen) atoms. The van der Waals surface area contributed by atoms with Crippen molar-refractivity contribution in [2.75, 3.05) is 31.5 Å². The van der Waals surface area contributed by atoms with E-state index in [4.69, 9.17) is 4.42 Å². The van der Waals surface area contributed by atoms with Gasteiger partial charge in [-0.05, 0) is 37.1 Å². The number of para-hydroxylation sites is 1. The number of piperidine rings is 1. The molecule has 0 aliphatic carbocycles. The van der Waals surface area contributed by atoms with Gasteiger partial charge in [-0.1, -0.05) is 18.2 Å². The lowest BCUT2D eigenvalue weighted by molar-refractivity contribution is -0.135. The monoisotopic (exact) mass is 412 g/mol. The highest BCUT2D eigenvalue weighted by atomic mass is 16.3. The maximum Gasteiger partial charge on any atom is 0.287 e. The largest absolute Gasteiger partial charge is 0.459 e. The average Bonchev–Trinajstić information content (AvgIpc) is 3.31. The number of amides is 4. The first-order valence-electron chi connectivity index (χ1n) is 9.75. The molecule has 1 aliphatic rings. The van der Waals surface area contributed by atoms with Gasteiger partial charge in [-0.25, -0.2) is 0 Å². The predicted molar refractivity (Wildman–Crippen MR) is 108 cm³/mol. The number of rotatable bonds is 7. The van der Waals surface area contributed by atoms with Gasteiger partial charge in [0, 0.05) is 24.7 Å². The van der Waals surface area contributed by atoms with Crippen LogP contribution in [0, 0.1) is 5.92 Å². The molecule has 1 aromatic carbocycles. The van der Waals surface area contributed by atoms with Crippen molar-refractivity contribution >= 4 is 29.3 Å². The van der Waals surface area contributed by atoms with Crippen LogP contribution < -0.4 is 16.0 Å². The number of benzene rings is 1. The van der Waals surface area contributed by atoms with Crippen LogP contribution in [-0.4, -0.2) is 54.7 Å². The van der Waals surface area contributed by atoms with Gasteiger partial charge in [0.05, 0.1) is 19.4 Å². The van der Waals surface area contributed by atoms with Crippen LogP contribution in [-0.2, 0) is 14.4 Å². The number of carbonyl (C=O) groups excluding carboxylic acids is 4. The molecule has 3 N–H and O–H groups in total. The molecule has 2 heterocycles. The Morgan fingerprint density at radius 1 is 0.933 bits per heavy atom. The predicted octanol–water partition coefficient (Wildman–Crippen LogP) is 1.00. The number of nitrogens with zero attached hydrogens (tertiary/aromatic N) is 1. The molecule has 0 unspecified atom stereocenters. The molecule has 9 heteroatoms. The SMILES string of the molecule is O=C(CNC(=O)c1ccco1)NCC(=O)N1CCC(C(=O)Nc2ccccc2)CC1. The fraction of sp³-hybridized carbons (Fsp3) is 0.333. The summed E-state index contributed by atoms with van der Waals surface area (Å²) in [6.45, 7) is 0.499. The van der Waals surface area contributed by atoms with E-state index in [9.17, 15) is 19.2 Å². The molecule has 2 aromatic rings. The van der Waals surface area contributed by atoms with Crippen molar-refractivity contribution in [1.82, 2.24) is 15.5 Å². The van der Waals surface area contributed by atoms with E-state index in [1.807, 2.05) is 30.3 Å². The minimum atomic E-state index is -0.502.